The van der Waals surface area contributed by atoms with Gasteiger partial charge in [0.2, 0.25) is 21.9 Å². The van der Waals surface area contributed by atoms with Crippen molar-refractivity contribution in [3.63, 3.8) is 0 Å². The van der Waals surface area contributed by atoms with Gasteiger partial charge >= 0.3 is 0 Å². The first-order chi connectivity index (χ1) is 14.6. The van der Waals surface area contributed by atoms with E-state index < -0.39 is 15.6 Å². The van der Waals surface area contributed by atoms with E-state index in [-0.39, 0.29) is 22.8 Å². The minimum absolute atomic E-state index is 0.0101. The van der Waals surface area contributed by atoms with Crippen LogP contribution in [0.2, 0.25) is 0 Å². The lowest BCUT2D eigenvalue weighted by Crippen LogP contribution is -2.48. The van der Waals surface area contributed by atoms with Crippen molar-refractivity contribution in [2.24, 2.45) is 0 Å². The number of amides is 1. The quantitative estimate of drug-likeness (QED) is 0.409. The highest BCUT2D eigenvalue weighted by Crippen LogP contribution is 2.26. The summed E-state index contributed by atoms with van der Waals surface area (Å²) in [7, 11) is -3.76. The molecule has 2 aromatic rings. The van der Waals surface area contributed by atoms with E-state index in [9.17, 15) is 13.2 Å². The Kier molecular flexibility index (Phi) is 6.92. The number of anilines is 2. The summed E-state index contributed by atoms with van der Waals surface area (Å²) in [6.45, 7) is 6.59. The zero-order valence-corrected chi connectivity index (χ0v) is 18.8. The van der Waals surface area contributed by atoms with Crippen molar-refractivity contribution in [2.45, 2.75) is 56.5 Å². The molecular weight excluding hydrogens is 422 g/mol. The zero-order valence-electron chi connectivity index (χ0n) is 17.9. The van der Waals surface area contributed by atoms with E-state index >= 15 is 0 Å². The van der Waals surface area contributed by atoms with Gasteiger partial charge in [-0.25, -0.2) is 23.1 Å². The Morgan fingerprint density at radius 2 is 2.10 bits per heavy atom. The second-order valence-electron chi connectivity index (χ2n) is 8.02. The van der Waals surface area contributed by atoms with Crippen LogP contribution in [-0.4, -0.2) is 60.6 Å². The molecule has 5 N–H and O–H groups in total. The molecule has 0 saturated carbocycles. The van der Waals surface area contributed by atoms with Gasteiger partial charge in [0.15, 0.2) is 5.82 Å². The molecular formula is C19H29N7O4S. The molecule has 1 saturated heterocycles. The highest BCUT2D eigenvalue weighted by atomic mass is 32.2. The average Bonchev–Trinajstić information content (AvgIpc) is 2.67. The number of nitrogen functional groups attached to an aromatic ring is 1. The number of nitrogens with one attached hydrogen (secondary N) is 3. The van der Waals surface area contributed by atoms with E-state index in [2.05, 4.69) is 37.2 Å². The first kappa shape index (κ1) is 23.1. The molecule has 2 aromatic heterocycles. The highest BCUT2D eigenvalue weighted by Gasteiger charge is 2.28. The molecule has 3 heterocycles. The summed E-state index contributed by atoms with van der Waals surface area (Å²) in [5.41, 5.74) is 6.09. The summed E-state index contributed by atoms with van der Waals surface area (Å²) in [5, 5.41) is 6.19. The maximum Gasteiger partial charge on any atom is 0.242 e. The molecule has 31 heavy (non-hydrogen) atoms. The molecule has 0 bridgehead atoms. The summed E-state index contributed by atoms with van der Waals surface area (Å²) in [5.74, 6) is 0.244. The van der Waals surface area contributed by atoms with Crippen molar-refractivity contribution in [3.8, 4) is 0 Å². The fourth-order valence-corrected chi connectivity index (χ4v) is 4.38. The number of carbonyl (C=O) groups excluding carboxylic acids is 1. The van der Waals surface area contributed by atoms with Crippen LogP contribution in [0.25, 0.3) is 11.0 Å². The molecule has 1 fully saturated rings. The number of rotatable bonds is 10. The van der Waals surface area contributed by atoms with Crippen LogP contribution in [0.1, 0.15) is 40.0 Å². The molecule has 0 spiro atoms. The van der Waals surface area contributed by atoms with Crippen LogP contribution in [-0.2, 0) is 19.6 Å². The summed E-state index contributed by atoms with van der Waals surface area (Å²) in [6.07, 6.45) is 3.97. The van der Waals surface area contributed by atoms with Crippen molar-refractivity contribution in [1.29, 1.82) is 0 Å². The number of nitrogens with two attached hydrogens (primary N) is 1. The Morgan fingerprint density at radius 1 is 1.35 bits per heavy atom. The Morgan fingerprint density at radius 3 is 2.71 bits per heavy atom. The molecule has 0 aromatic carbocycles. The lowest BCUT2D eigenvalue weighted by Gasteiger charge is -2.32. The first-order valence-corrected chi connectivity index (χ1v) is 11.7. The van der Waals surface area contributed by atoms with Crippen molar-refractivity contribution in [1.82, 2.24) is 25.0 Å². The normalized spacial score (nSPS) is 16.5. The van der Waals surface area contributed by atoms with E-state index in [1.165, 1.54) is 19.2 Å². The zero-order chi connectivity index (χ0) is 22.6. The first-order valence-electron chi connectivity index (χ1n) is 10.2. The standard InChI is InChI=1S/C19H29N7O4S/c1-4-5-6-19(3,11-22-12(2)27)25-17-16-15(23-18(20)24-17)7-14(8-21-16)31(28,29)26-13-9-30-10-13/h7-8,13,26H,4-6,9-11H2,1-3H3,(H,22,27)(H3,20,23,24,25)/t19-/m1/s1. The van der Waals surface area contributed by atoms with Crippen LogP contribution >= 0.6 is 0 Å². The maximum absolute atomic E-state index is 12.6. The van der Waals surface area contributed by atoms with Crippen molar-refractivity contribution >= 4 is 38.7 Å². The summed E-state index contributed by atoms with van der Waals surface area (Å²) >= 11 is 0. The van der Waals surface area contributed by atoms with Crippen LogP contribution in [0.15, 0.2) is 17.2 Å². The highest BCUT2D eigenvalue weighted by molar-refractivity contribution is 7.89. The lowest BCUT2D eigenvalue weighted by molar-refractivity contribution is -0.119. The maximum atomic E-state index is 12.6. The lowest BCUT2D eigenvalue weighted by atomic mass is 9.94. The van der Waals surface area contributed by atoms with Crippen LogP contribution in [0.3, 0.4) is 0 Å². The van der Waals surface area contributed by atoms with Crippen LogP contribution in [0.4, 0.5) is 11.8 Å². The predicted molar refractivity (Wildman–Crippen MR) is 117 cm³/mol. The van der Waals surface area contributed by atoms with Crippen LogP contribution < -0.4 is 21.1 Å². The average molecular weight is 452 g/mol. The Labute approximate surface area is 181 Å². The molecule has 1 amide bonds. The van der Waals surface area contributed by atoms with Crippen LogP contribution in [0.5, 0.6) is 0 Å². The number of hydrogen-bond acceptors (Lipinski definition) is 9. The molecule has 0 aliphatic carbocycles. The minimum atomic E-state index is -3.76. The fraction of sp³-hybridized carbons (Fsp3) is 0.579. The van der Waals surface area contributed by atoms with Gasteiger partial charge in [0.05, 0.1) is 30.3 Å². The van der Waals surface area contributed by atoms with Gasteiger partial charge in [0, 0.05) is 19.7 Å². The number of hydrogen-bond donors (Lipinski definition) is 4. The van der Waals surface area contributed by atoms with Gasteiger partial charge in [-0.3, -0.25) is 4.79 Å². The third-order valence-electron chi connectivity index (χ3n) is 5.03. The van der Waals surface area contributed by atoms with E-state index in [0.29, 0.717) is 36.6 Å². The Hall–Kier alpha value is -2.57. The topological polar surface area (TPSA) is 161 Å². The van der Waals surface area contributed by atoms with E-state index in [4.69, 9.17) is 10.5 Å². The molecule has 1 aliphatic heterocycles. The second kappa shape index (κ2) is 9.28. The number of carbonyl (C=O) groups is 1. The monoisotopic (exact) mass is 451 g/mol. The SMILES string of the molecule is CCCC[C@](C)(CNC(C)=O)Nc1nc(N)nc2cc(S(=O)(=O)NC3COC3)cnc12. The summed E-state index contributed by atoms with van der Waals surface area (Å²) in [6, 6.07) is 1.17. The molecule has 1 aliphatic rings. The van der Waals surface area contributed by atoms with Gasteiger partial charge in [-0.05, 0) is 19.4 Å². The molecule has 0 radical (unpaired) electrons. The second-order valence-corrected chi connectivity index (χ2v) is 9.74. The largest absolute Gasteiger partial charge is 0.378 e. The molecule has 1 atom stereocenters. The van der Waals surface area contributed by atoms with Gasteiger partial charge in [-0.2, -0.15) is 4.98 Å². The molecule has 12 heteroatoms. The molecule has 3 rings (SSSR count). The Balaban J connectivity index is 1.93. The van der Waals surface area contributed by atoms with Gasteiger partial charge in [-0.15, -0.1) is 0 Å². The van der Waals surface area contributed by atoms with E-state index in [1.807, 2.05) is 6.92 Å². The number of sulfonamides is 1. The fourth-order valence-electron chi connectivity index (χ4n) is 3.21. The number of unbranched alkanes of at least 4 members (excludes halogenated alkanes) is 1. The third kappa shape index (κ3) is 5.77. The third-order valence-corrected chi connectivity index (χ3v) is 6.52. The van der Waals surface area contributed by atoms with Gasteiger partial charge < -0.3 is 21.1 Å². The minimum Gasteiger partial charge on any atom is -0.378 e. The van der Waals surface area contributed by atoms with Gasteiger partial charge in [0.1, 0.15) is 10.4 Å². The van der Waals surface area contributed by atoms with E-state index in [1.54, 1.807) is 0 Å². The van der Waals surface area contributed by atoms with Crippen molar-refractivity contribution in [3.05, 3.63) is 12.3 Å². The van der Waals surface area contributed by atoms with E-state index in [0.717, 1.165) is 19.3 Å². The van der Waals surface area contributed by atoms with Crippen molar-refractivity contribution in [2.75, 3.05) is 30.8 Å². The summed E-state index contributed by atoms with van der Waals surface area (Å²) in [4.78, 5) is 24.2. The number of nitrogens with zero attached hydrogens (tertiary/aromatic N) is 3. The number of ether oxygens (including phenoxy) is 1. The number of pyridine rings is 1. The van der Waals surface area contributed by atoms with Gasteiger partial charge in [0.25, 0.3) is 0 Å². The molecule has 170 valence electrons. The molecule has 0 unspecified atom stereocenters. The number of aromatic nitrogens is 3. The van der Waals surface area contributed by atoms with Crippen molar-refractivity contribution < 1.29 is 17.9 Å². The summed E-state index contributed by atoms with van der Waals surface area (Å²) < 4.78 is 32.8. The smallest absolute Gasteiger partial charge is 0.242 e. The van der Waals surface area contributed by atoms with Crippen LogP contribution in [0, 0.1) is 0 Å². The molecule has 11 nitrogen and oxygen atoms in total. The number of fused-ring (bicyclic) bond motifs is 1. The predicted octanol–water partition coefficient (Wildman–Crippen LogP) is 0.781. The van der Waals surface area contributed by atoms with Gasteiger partial charge in [-0.1, -0.05) is 19.8 Å². The Bertz CT molecular complexity index is 1060.